The van der Waals surface area contributed by atoms with Gasteiger partial charge in [0.15, 0.2) is 0 Å². The maximum atomic E-state index is 13.1. The number of para-hydroxylation sites is 1. The lowest BCUT2D eigenvalue weighted by atomic mass is 10.0. The second-order valence-electron chi connectivity index (χ2n) is 6.06. The van der Waals surface area contributed by atoms with Crippen LogP contribution in [0.15, 0.2) is 36.5 Å². The minimum absolute atomic E-state index is 0.00697. The number of hydrogen-bond donors (Lipinski definition) is 0. The quantitative estimate of drug-likeness (QED) is 0.847. The van der Waals surface area contributed by atoms with Crippen molar-refractivity contribution >= 4 is 11.8 Å². The fourth-order valence-electron chi connectivity index (χ4n) is 3.25. The van der Waals surface area contributed by atoms with E-state index in [-0.39, 0.29) is 17.9 Å². The normalized spacial score (nSPS) is 17.5. The molecule has 0 bridgehead atoms. The molecule has 2 amide bonds. The Labute approximate surface area is 146 Å². The van der Waals surface area contributed by atoms with Crippen molar-refractivity contribution in [3.8, 4) is 5.75 Å². The maximum Gasteiger partial charge on any atom is 0.272 e. The molecule has 0 unspecified atom stereocenters. The summed E-state index contributed by atoms with van der Waals surface area (Å²) in [6.07, 6.45) is 1.61. The van der Waals surface area contributed by atoms with Gasteiger partial charge in [-0.15, -0.1) is 0 Å². The van der Waals surface area contributed by atoms with Gasteiger partial charge < -0.3 is 14.5 Å². The first-order valence-electron chi connectivity index (χ1n) is 8.20. The van der Waals surface area contributed by atoms with Crippen molar-refractivity contribution in [1.82, 2.24) is 19.6 Å². The predicted molar refractivity (Wildman–Crippen MR) is 92.2 cm³/mol. The van der Waals surface area contributed by atoms with Crippen molar-refractivity contribution in [1.29, 1.82) is 0 Å². The van der Waals surface area contributed by atoms with E-state index in [4.69, 9.17) is 4.74 Å². The topological polar surface area (TPSA) is 67.7 Å². The molecule has 0 spiro atoms. The molecule has 0 saturated carbocycles. The first-order chi connectivity index (χ1) is 12.0. The van der Waals surface area contributed by atoms with E-state index < -0.39 is 0 Å². The van der Waals surface area contributed by atoms with Crippen LogP contribution in [0.2, 0.25) is 0 Å². The van der Waals surface area contributed by atoms with Crippen LogP contribution in [0, 0.1) is 0 Å². The zero-order valence-electron chi connectivity index (χ0n) is 14.7. The zero-order valence-corrected chi connectivity index (χ0v) is 14.7. The highest BCUT2D eigenvalue weighted by atomic mass is 16.5. The van der Waals surface area contributed by atoms with E-state index in [1.165, 1.54) is 0 Å². The number of methoxy groups -OCH3 is 1. The molecule has 1 saturated heterocycles. The van der Waals surface area contributed by atoms with E-state index in [0.717, 1.165) is 5.56 Å². The number of amides is 2. The SMILES string of the molecule is COc1ccccc1[C@H]1CN(C(C)=O)CCN1C(=O)c1ccnn1C. The lowest BCUT2D eigenvalue weighted by molar-refractivity contribution is -0.131. The molecule has 7 heteroatoms. The molecule has 132 valence electrons. The Hall–Kier alpha value is -2.83. The van der Waals surface area contributed by atoms with Gasteiger partial charge in [0.05, 0.1) is 13.2 Å². The molecule has 0 aliphatic carbocycles. The second kappa shape index (κ2) is 6.96. The Morgan fingerprint density at radius 1 is 1.20 bits per heavy atom. The lowest BCUT2D eigenvalue weighted by Crippen LogP contribution is -2.52. The zero-order chi connectivity index (χ0) is 18.0. The second-order valence-corrected chi connectivity index (χ2v) is 6.06. The number of hydrogen-bond acceptors (Lipinski definition) is 4. The Morgan fingerprint density at radius 3 is 2.60 bits per heavy atom. The third-order valence-corrected chi connectivity index (χ3v) is 4.62. The third kappa shape index (κ3) is 3.22. The van der Waals surface area contributed by atoms with E-state index in [1.54, 1.807) is 47.8 Å². The molecule has 0 N–H and O–H groups in total. The van der Waals surface area contributed by atoms with Crippen LogP contribution < -0.4 is 4.74 Å². The van der Waals surface area contributed by atoms with Crippen LogP contribution >= 0.6 is 0 Å². The molecule has 1 aromatic heterocycles. The monoisotopic (exact) mass is 342 g/mol. The van der Waals surface area contributed by atoms with Gasteiger partial charge in [-0.2, -0.15) is 5.10 Å². The van der Waals surface area contributed by atoms with E-state index in [1.807, 2.05) is 24.3 Å². The average Bonchev–Trinajstić information content (AvgIpc) is 3.06. The minimum Gasteiger partial charge on any atom is -0.496 e. The Morgan fingerprint density at radius 2 is 1.96 bits per heavy atom. The van der Waals surface area contributed by atoms with Gasteiger partial charge in [0.1, 0.15) is 11.4 Å². The van der Waals surface area contributed by atoms with Gasteiger partial charge in [-0.1, -0.05) is 18.2 Å². The molecular weight excluding hydrogens is 320 g/mol. The molecule has 0 radical (unpaired) electrons. The van der Waals surface area contributed by atoms with Crippen molar-refractivity contribution in [3.63, 3.8) is 0 Å². The van der Waals surface area contributed by atoms with Gasteiger partial charge in [0, 0.05) is 45.4 Å². The Kier molecular flexibility index (Phi) is 4.74. The third-order valence-electron chi connectivity index (χ3n) is 4.62. The number of nitrogens with zero attached hydrogens (tertiary/aromatic N) is 4. The first-order valence-corrected chi connectivity index (χ1v) is 8.20. The van der Waals surface area contributed by atoms with Crippen LogP contribution in [0.5, 0.6) is 5.75 Å². The largest absolute Gasteiger partial charge is 0.496 e. The van der Waals surface area contributed by atoms with Crippen LogP contribution in [0.3, 0.4) is 0 Å². The average molecular weight is 342 g/mol. The Balaban J connectivity index is 1.99. The molecule has 1 aromatic carbocycles. The molecule has 1 aliphatic heterocycles. The molecule has 2 aromatic rings. The number of aromatic nitrogens is 2. The van der Waals surface area contributed by atoms with Crippen LogP contribution in [0.1, 0.15) is 29.0 Å². The fourth-order valence-corrected chi connectivity index (χ4v) is 3.25. The molecule has 1 atom stereocenters. The molecule has 7 nitrogen and oxygen atoms in total. The number of aryl methyl sites for hydroxylation is 1. The summed E-state index contributed by atoms with van der Waals surface area (Å²) in [6, 6.07) is 9.05. The molecule has 1 aliphatic rings. The first kappa shape index (κ1) is 17.0. The summed E-state index contributed by atoms with van der Waals surface area (Å²) < 4.78 is 7.05. The summed E-state index contributed by atoms with van der Waals surface area (Å²) in [7, 11) is 3.36. The number of rotatable bonds is 3. The van der Waals surface area contributed by atoms with Crippen molar-refractivity contribution in [2.75, 3.05) is 26.7 Å². The summed E-state index contributed by atoms with van der Waals surface area (Å²) in [5, 5.41) is 4.09. The van der Waals surface area contributed by atoms with Crippen LogP contribution in [0.25, 0.3) is 0 Å². The van der Waals surface area contributed by atoms with Gasteiger partial charge in [-0.25, -0.2) is 0 Å². The van der Waals surface area contributed by atoms with E-state index in [2.05, 4.69) is 5.10 Å². The van der Waals surface area contributed by atoms with Gasteiger partial charge in [-0.05, 0) is 12.1 Å². The van der Waals surface area contributed by atoms with Gasteiger partial charge in [-0.3, -0.25) is 14.3 Å². The fraction of sp³-hybridized carbons (Fsp3) is 0.389. The maximum absolute atomic E-state index is 13.1. The summed E-state index contributed by atoms with van der Waals surface area (Å²) in [6.45, 7) is 2.98. The van der Waals surface area contributed by atoms with Crippen LogP contribution in [-0.4, -0.2) is 58.1 Å². The van der Waals surface area contributed by atoms with Crippen LogP contribution in [-0.2, 0) is 11.8 Å². The summed E-state index contributed by atoms with van der Waals surface area (Å²) >= 11 is 0. The van der Waals surface area contributed by atoms with Crippen LogP contribution in [0.4, 0.5) is 0 Å². The molecule has 25 heavy (non-hydrogen) atoms. The van der Waals surface area contributed by atoms with Crippen molar-refractivity contribution < 1.29 is 14.3 Å². The molecule has 1 fully saturated rings. The van der Waals surface area contributed by atoms with E-state index in [0.29, 0.717) is 31.1 Å². The Bertz CT molecular complexity index is 786. The number of carbonyl (C=O) groups is 2. The van der Waals surface area contributed by atoms with E-state index in [9.17, 15) is 9.59 Å². The van der Waals surface area contributed by atoms with E-state index >= 15 is 0 Å². The van der Waals surface area contributed by atoms with Gasteiger partial charge in [0.25, 0.3) is 5.91 Å². The smallest absolute Gasteiger partial charge is 0.272 e. The summed E-state index contributed by atoms with van der Waals surface area (Å²) in [5.41, 5.74) is 1.42. The van der Waals surface area contributed by atoms with Gasteiger partial charge >= 0.3 is 0 Å². The molecular formula is C18H22N4O3. The molecule has 2 heterocycles. The highest BCUT2D eigenvalue weighted by Crippen LogP contribution is 2.33. The number of piperazine rings is 1. The standard InChI is InChI=1S/C18H22N4O3/c1-13(23)21-10-11-22(18(24)15-8-9-19-20(15)2)16(12-21)14-6-4-5-7-17(14)25-3/h4-9,16H,10-12H2,1-3H3/t16-/m1/s1. The lowest BCUT2D eigenvalue weighted by Gasteiger charge is -2.41. The van der Waals surface area contributed by atoms with Crippen molar-refractivity contribution in [3.05, 3.63) is 47.8 Å². The summed E-state index contributed by atoms with van der Waals surface area (Å²) in [4.78, 5) is 28.5. The summed E-state index contributed by atoms with van der Waals surface area (Å²) in [5.74, 6) is 0.618. The highest BCUT2D eigenvalue weighted by molar-refractivity contribution is 5.93. The van der Waals surface area contributed by atoms with Crippen molar-refractivity contribution in [2.24, 2.45) is 7.05 Å². The number of benzene rings is 1. The minimum atomic E-state index is -0.267. The number of ether oxygens (including phenoxy) is 1. The van der Waals surface area contributed by atoms with Crippen molar-refractivity contribution in [2.45, 2.75) is 13.0 Å². The van der Waals surface area contributed by atoms with Gasteiger partial charge in [0.2, 0.25) is 5.91 Å². The number of carbonyl (C=O) groups excluding carboxylic acids is 2. The predicted octanol–water partition coefficient (Wildman–Crippen LogP) is 1.47. The molecule has 3 rings (SSSR count). The highest BCUT2D eigenvalue weighted by Gasteiger charge is 2.35.